The predicted octanol–water partition coefficient (Wildman–Crippen LogP) is 2.01. The minimum absolute atomic E-state index is 0.753. The number of nitrogens with two attached hydrogens (primary N) is 1. The zero-order valence-electron chi connectivity index (χ0n) is 14.5. The molecule has 2 N–H and O–H groups in total. The Morgan fingerprint density at radius 2 is 1.27 bits per heavy atom. The second-order valence-corrected chi connectivity index (χ2v) is 7.04. The fraction of sp³-hybridized carbons (Fsp3) is 0.786. The van der Waals surface area contributed by atoms with E-state index in [0.29, 0.717) is 0 Å². The number of hydrogen-bond acceptors (Lipinski definition) is 7. The number of rotatable bonds is 2. The van der Waals surface area contributed by atoms with Gasteiger partial charge in [0, 0.05) is 7.05 Å². The number of ether oxygens (including phenoxy) is 3. The van der Waals surface area contributed by atoms with Crippen LogP contribution in [0, 0.1) is 0 Å². The van der Waals surface area contributed by atoms with Crippen LogP contribution in [0.4, 0.5) is 9.59 Å². The predicted molar refractivity (Wildman–Crippen MR) is 78.9 cm³/mol. The average molecular weight is 318 g/mol. The van der Waals surface area contributed by atoms with E-state index in [9.17, 15) is 14.4 Å². The second-order valence-electron chi connectivity index (χ2n) is 7.04. The van der Waals surface area contributed by atoms with Gasteiger partial charge < -0.3 is 14.2 Å². The molecule has 0 spiro atoms. The molecule has 1 atom stereocenters. The smallest absolute Gasteiger partial charge is 0.444 e. The standard InChI is InChI=1S/C14H26N2O6/c1-12(2,3)21-10(18)16(8)14(7,15)9(17)20-11(19)22-13(4,5)6/h15H2,1-8H3/t14-/m1/s1. The Balaban J connectivity index is 4.88. The lowest BCUT2D eigenvalue weighted by Crippen LogP contribution is -2.61. The van der Waals surface area contributed by atoms with Crippen molar-refractivity contribution in [1.29, 1.82) is 0 Å². The molecule has 0 heterocycles. The van der Waals surface area contributed by atoms with Crippen LogP contribution >= 0.6 is 0 Å². The molecule has 0 aromatic carbocycles. The molecule has 128 valence electrons. The molecule has 0 aliphatic heterocycles. The van der Waals surface area contributed by atoms with Gasteiger partial charge in [-0.2, -0.15) is 0 Å². The summed E-state index contributed by atoms with van der Waals surface area (Å²) < 4.78 is 14.5. The van der Waals surface area contributed by atoms with Gasteiger partial charge in [-0.15, -0.1) is 0 Å². The molecule has 0 aromatic rings. The number of esters is 1. The van der Waals surface area contributed by atoms with Crippen LogP contribution in [0.15, 0.2) is 0 Å². The summed E-state index contributed by atoms with van der Waals surface area (Å²) in [5, 5.41) is 0. The van der Waals surface area contributed by atoms with E-state index < -0.39 is 35.1 Å². The van der Waals surface area contributed by atoms with E-state index in [4.69, 9.17) is 15.2 Å². The van der Waals surface area contributed by atoms with Crippen LogP contribution < -0.4 is 5.73 Å². The van der Waals surface area contributed by atoms with Gasteiger partial charge >= 0.3 is 18.2 Å². The first-order valence-corrected chi connectivity index (χ1v) is 6.77. The molecule has 0 radical (unpaired) electrons. The van der Waals surface area contributed by atoms with Crippen LogP contribution in [-0.2, 0) is 19.0 Å². The van der Waals surface area contributed by atoms with E-state index in [1.54, 1.807) is 41.5 Å². The number of likely N-dealkylation sites (N-methyl/N-ethyl adjacent to an activating group) is 1. The van der Waals surface area contributed by atoms with Crippen molar-refractivity contribution in [2.24, 2.45) is 5.73 Å². The van der Waals surface area contributed by atoms with E-state index >= 15 is 0 Å². The van der Waals surface area contributed by atoms with Gasteiger partial charge in [-0.1, -0.05) is 0 Å². The molecular weight excluding hydrogens is 292 g/mol. The van der Waals surface area contributed by atoms with Crippen molar-refractivity contribution in [1.82, 2.24) is 4.90 Å². The molecule has 0 aromatic heterocycles. The maximum atomic E-state index is 12.0. The van der Waals surface area contributed by atoms with Gasteiger partial charge in [0.15, 0.2) is 5.66 Å². The quantitative estimate of drug-likeness (QED) is 0.471. The van der Waals surface area contributed by atoms with Crippen LogP contribution in [0.3, 0.4) is 0 Å². The minimum Gasteiger partial charge on any atom is -0.444 e. The molecule has 0 saturated carbocycles. The van der Waals surface area contributed by atoms with Crippen LogP contribution in [0.25, 0.3) is 0 Å². The van der Waals surface area contributed by atoms with Crippen molar-refractivity contribution in [3.63, 3.8) is 0 Å². The first-order chi connectivity index (χ1) is 9.56. The normalized spacial score (nSPS) is 14.6. The van der Waals surface area contributed by atoms with E-state index in [0.717, 1.165) is 4.90 Å². The highest BCUT2D eigenvalue weighted by atomic mass is 16.7. The summed E-state index contributed by atoms with van der Waals surface area (Å²) in [5.74, 6) is -1.13. The van der Waals surface area contributed by atoms with Crippen molar-refractivity contribution in [2.45, 2.75) is 65.3 Å². The Bertz CT molecular complexity index is 445. The van der Waals surface area contributed by atoms with Gasteiger partial charge in [-0.05, 0) is 48.5 Å². The Labute approximate surface area is 130 Å². The van der Waals surface area contributed by atoms with Crippen LogP contribution in [0.2, 0.25) is 0 Å². The number of carbonyl (C=O) groups excluding carboxylic acids is 3. The molecule has 1 amide bonds. The summed E-state index contributed by atoms with van der Waals surface area (Å²) in [6.45, 7) is 11.1. The zero-order valence-corrected chi connectivity index (χ0v) is 14.5. The van der Waals surface area contributed by atoms with Gasteiger partial charge in [0.25, 0.3) is 0 Å². The third kappa shape index (κ3) is 6.75. The number of amides is 1. The largest absolute Gasteiger partial charge is 0.516 e. The van der Waals surface area contributed by atoms with Crippen molar-refractivity contribution < 1.29 is 28.6 Å². The highest BCUT2D eigenvalue weighted by Gasteiger charge is 2.41. The molecule has 0 unspecified atom stereocenters. The third-order valence-electron chi connectivity index (χ3n) is 2.34. The summed E-state index contributed by atoms with van der Waals surface area (Å²) >= 11 is 0. The van der Waals surface area contributed by atoms with Crippen molar-refractivity contribution in [3.05, 3.63) is 0 Å². The Hall–Kier alpha value is -1.83. The monoisotopic (exact) mass is 318 g/mol. The van der Waals surface area contributed by atoms with E-state index in [1.807, 2.05) is 0 Å². The maximum Gasteiger partial charge on any atom is 0.516 e. The van der Waals surface area contributed by atoms with Gasteiger partial charge in [-0.25, -0.2) is 14.4 Å². The average Bonchev–Trinajstić information content (AvgIpc) is 2.22. The van der Waals surface area contributed by atoms with Crippen molar-refractivity contribution in [2.75, 3.05) is 7.05 Å². The summed E-state index contributed by atoms with van der Waals surface area (Å²) in [7, 11) is 1.27. The lowest BCUT2D eigenvalue weighted by Gasteiger charge is -2.34. The summed E-state index contributed by atoms with van der Waals surface area (Å²) in [4.78, 5) is 36.2. The third-order valence-corrected chi connectivity index (χ3v) is 2.34. The molecule has 8 heteroatoms. The maximum absolute atomic E-state index is 12.0. The minimum atomic E-state index is -1.89. The summed E-state index contributed by atoms with van der Waals surface area (Å²) in [6.07, 6.45) is -2.01. The van der Waals surface area contributed by atoms with Gasteiger partial charge in [-0.3, -0.25) is 10.6 Å². The number of carbonyl (C=O) groups is 3. The summed E-state index contributed by atoms with van der Waals surface area (Å²) in [6, 6.07) is 0. The molecule has 22 heavy (non-hydrogen) atoms. The Kier molecular flexibility index (Phi) is 5.97. The van der Waals surface area contributed by atoms with Crippen LogP contribution in [0.1, 0.15) is 48.5 Å². The highest BCUT2D eigenvalue weighted by molar-refractivity contribution is 5.90. The zero-order chi connectivity index (χ0) is 17.9. The molecule has 0 saturated heterocycles. The van der Waals surface area contributed by atoms with E-state index in [-0.39, 0.29) is 0 Å². The van der Waals surface area contributed by atoms with Gasteiger partial charge in [0.05, 0.1) is 0 Å². The second kappa shape index (κ2) is 6.51. The van der Waals surface area contributed by atoms with Crippen LogP contribution in [-0.4, -0.2) is 47.0 Å². The first-order valence-electron chi connectivity index (χ1n) is 6.77. The molecule has 0 aliphatic rings. The topological polar surface area (TPSA) is 108 Å². The number of hydrogen-bond donors (Lipinski definition) is 1. The van der Waals surface area contributed by atoms with E-state index in [2.05, 4.69) is 4.74 Å². The summed E-state index contributed by atoms with van der Waals surface area (Å²) in [5.41, 5.74) is 2.32. The molecule has 0 fully saturated rings. The van der Waals surface area contributed by atoms with Crippen molar-refractivity contribution in [3.8, 4) is 0 Å². The molecule has 0 bridgehead atoms. The Morgan fingerprint density at radius 3 is 1.64 bits per heavy atom. The lowest BCUT2D eigenvalue weighted by molar-refractivity contribution is -0.153. The fourth-order valence-electron chi connectivity index (χ4n) is 1.11. The number of nitrogens with zero attached hydrogens (tertiary/aromatic N) is 1. The van der Waals surface area contributed by atoms with E-state index in [1.165, 1.54) is 14.0 Å². The van der Waals surface area contributed by atoms with Gasteiger partial charge in [0.2, 0.25) is 0 Å². The molecular formula is C14H26N2O6. The first kappa shape index (κ1) is 20.2. The molecule has 0 aliphatic carbocycles. The Morgan fingerprint density at radius 1 is 0.864 bits per heavy atom. The molecule has 0 rings (SSSR count). The fourth-order valence-corrected chi connectivity index (χ4v) is 1.11. The van der Waals surface area contributed by atoms with Crippen molar-refractivity contribution >= 4 is 18.2 Å². The lowest BCUT2D eigenvalue weighted by atomic mass is 10.2. The molecule has 8 nitrogen and oxygen atoms in total. The SMILES string of the molecule is CN(C(=O)OC(C)(C)C)[C@@](C)(N)C(=O)OC(=O)OC(C)(C)C. The highest BCUT2D eigenvalue weighted by Crippen LogP contribution is 2.16. The van der Waals surface area contributed by atoms with Crippen LogP contribution in [0.5, 0.6) is 0 Å². The van der Waals surface area contributed by atoms with Gasteiger partial charge in [0.1, 0.15) is 11.2 Å².